The van der Waals surface area contributed by atoms with Gasteiger partial charge >= 0.3 is 0 Å². The van der Waals surface area contributed by atoms with Crippen LogP contribution in [0.15, 0.2) is 89.3 Å². The number of carbonyl (C=O) groups excluding carboxylic acids is 1. The Morgan fingerprint density at radius 3 is 2.09 bits per heavy atom. The largest absolute Gasteiger partial charge is 0.372 e. The molecule has 0 aliphatic rings. The van der Waals surface area contributed by atoms with Crippen molar-refractivity contribution in [1.29, 1.82) is 0 Å². The Kier molecular flexibility index (Phi) is 7.81. The second-order valence-corrected chi connectivity index (χ2v) is 9.67. The highest BCUT2D eigenvalue weighted by Crippen LogP contribution is 2.40. The SMILES string of the molecule is CCN(CC)c1ccc(NC(=O)CSc2nc(-c3ccccc3)c(-c3ccccc3)s2)cc1. The van der Waals surface area contributed by atoms with Crippen molar-refractivity contribution in [1.82, 2.24) is 4.98 Å². The van der Waals surface area contributed by atoms with E-state index in [9.17, 15) is 4.79 Å². The van der Waals surface area contributed by atoms with Crippen molar-refractivity contribution in [3.63, 3.8) is 0 Å². The number of anilines is 2. The summed E-state index contributed by atoms with van der Waals surface area (Å²) in [6.07, 6.45) is 0. The standard InChI is InChI=1S/C27H27N3OS2/c1-3-30(4-2)23-17-15-22(16-18-23)28-24(31)19-32-27-29-25(20-11-7-5-8-12-20)26(33-27)21-13-9-6-10-14-21/h5-18H,3-4,19H2,1-2H3,(H,28,31). The van der Waals surface area contributed by atoms with Crippen LogP contribution in [0.4, 0.5) is 11.4 Å². The topological polar surface area (TPSA) is 45.2 Å². The zero-order valence-electron chi connectivity index (χ0n) is 18.8. The molecule has 0 aliphatic carbocycles. The average Bonchev–Trinajstić information content (AvgIpc) is 3.30. The summed E-state index contributed by atoms with van der Waals surface area (Å²) in [5.41, 5.74) is 5.15. The van der Waals surface area contributed by atoms with Crippen LogP contribution >= 0.6 is 23.1 Å². The Balaban J connectivity index is 1.45. The van der Waals surface area contributed by atoms with Crippen molar-refractivity contribution in [2.24, 2.45) is 0 Å². The summed E-state index contributed by atoms with van der Waals surface area (Å²) in [5.74, 6) is 0.279. The van der Waals surface area contributed by atoms with Crippen LogP contribution in [0.25, 0.3) is 21.7 Å². The molecule has 0 fully saturated rings. The van der Waals surface area contributed by atoms with Crippen molar-refractivity contribution in [2.75, 3.05) is 29.1 Å². The molecule has 0 saturated carbocycles. The predicted molar refractivity (Wildman–Crippen MR) is 142 cm³/mol. The third-order valence-electron chi connectivity index (χ3n) is 5.30. The highest BCUT2D eigenvalue weighted by Gasteiger charge is 2.16. The summed E-state index contributed by atoms with van der Waals surface area (Å²) in [7, 11) is 0. The highest BCUT2D eigenvalue weighted by atomic mass is 32.2. The molecule has 0 radical (unpaired) electrons. The number of nitrogens with one attached hydrogen (secondary N) is 1. The van der Waals surface area contributed by atoms with Crippen molar-refractivity contribution >= 4 is 40.4 Å². The number of benzene rings is 3. The predicted octanol–water partition coefficient (Wildman–Crippen LogP) is 7.05. The number of hydrogen-bond donors (Lipinski definition) is 1. The Bertz CT molecular complexity index is 1110. The number of thioether (sulfide) groups is 1. The number of rotatable bonds is 9. The zero-order chi connectivity index (χ0) is 23.0. The van der Waals surface area contributed by atoms with Gasteiger partial charge in [-0.15, -0.1) is 11.3 Å². The molecule has 4 nitrogen and oxygen atoms in total. The van der Waals surface area contributed by atoms with E-state index >= 15 is 0 Å². The van der Waals surface area contributed by atoms with Gasteiger partial charge in [0.2, 0.25) is 5.91 Å². The van der Waals surface area contributed by atoms with Crippen LogP contribution in [0, 0.1) is 0 Å². The van der Waals surface area contributed by atoms with Crippen LogP contribution in [0.3, 0.4) is 0 Å². The first-order chi connectivity index (χ1) is 16.2. The second kappa shape index (κ2) is 11.2. The fourth-order valence-corrected chi connectivity index (χ4v) is 5.58. The normalized spacial score (nSPS) is 10.7. The molecule has 0 spiro atoms. The molecule has 1 N–H and O–H groups in total. The Morgan fingerprint density at radius 2 is 1.48 bits per heavy atom. The fraction of sp³-hybridized carbons (Fsp3) is 0.185. The first-order valence-electron chi connectivity index (χ1n) is 11.1. The summed E-state index contributed by atoms with van der Waals surface area (Å²) >= 11 is 3.11. The molecule has 3 aromatic carbocycles. The smallest absolute Gasteiger partial charge is 0.234 e. The Hall–Kier alpha value is -3.09. The second-order valence-electron chi connectivity index (χ2n) is 7.45. The van der Waals surface area contributed by atoms with Gasteiger partial charge in [-0.3, -0.25) is 4.79 Å². The van der Waals surface area contributed by atoms with E-state index in [1.807, 2.05) is 48.5 Å². The molecule has 1 amide bonds. The van der Waals surface area contributed by atoms with Crippen LogP contribution in [0.2, 0.25) is 0 Å². The summed E-state index contributed by atoms with van der Waals surface area (Å²) in [6, 6.07) is 28.5. The van der Waals surface area contributed by atoms with Gasteiger partial charge in [-0.2, -0.15) is 0 Å². The number of aromatic nitrogens is 1. The lowest BCUT2D eigenvalue weighted by Gasteiger charge is -2.21. The van der Waals surface area contributed by atoms with E-state index in [1.165, 1.54) is 11.8 Å². The molecule has 4 aromatic rings. The van der Waals surface area contributed by atoms with E-state index in [4.69, 9.17) is 4.98 Å². The monoisotopic (exact) mass is 473 g/mol. The lowest BCUT2D eigenvalue weighted by Crippen LogP contribution is -2.21. The van der Waals surface area contributed by atoms with Gasteiger partial charge < -0.3 is 10.2 Å². The van der Waals surface area contributed by atoms with Gasteiger partial charge in [-0.25, -0.2) is 4.98 Å². The average molecular weight is 474 g/mol. The molecule has 6 heteroatoms. The van der Waals surface area contributed by atoms with Gasteiger partial charge in [0.25, 0.3) is 0 Å². The van der Waals surface area contributed by atoms with E-state index in [-0.39, 0.29) is 5.91 Å². The highest BCUT2D eigenvalue weighted by molar-refractivity contribution is 8.01. The van der Waals surface area contributed by atoms with Crippen LogP contribution in [-0.4, -0.2) is 29.7 Å². The first-order valence-corrected chi connectivity index (χ1v) is 12.9. The van der Waals surface area contributed by atoms with Crippen LogP contribution in [0.1, 0.15) is 13.8 Å². The van der Waals surface area contributed by atoms with Crippen LogP contribution < -0.4 is 10.2 Å². The minimum Gasteiger partial charge on any atom is -0.372 e. The third kappa shape index (κ3) is 5.83. The van der Waals surface area contributed by atoms with Gasteiger partial charge in [-0.1, -0.05) is 72.4 Å². The quantitative estimate of drug-likeness (QED) is 0.264. The number of amides is 1. The van der Waals surface area contributed by atoms with Gasteiger partial charge in [0, 0.05) is 30.0 Å². The van der Waals surface area contributed by atoms with E-state index in [0.717, 1.165) is 50.5 Å². The number of nitrogens with zero attached hydrogens (tertiary/aromatic N) is 2. The molecule has 0 aliphatic heterocycles. The van der Waals surface area contributed by atoms with E-state index in [0.29, 0.717) is 5.75 Å². The minimum absolute atomic E-state index is 0.0340. The first kappa shape index (κ1) is 23.1. The molecule has 0 unspecified atom stereocenters. The molecular formula is C27H27N3OS2. The Morgan fingerprint density at radius 1 is 0.879 bits per heavy atom. The van der Waals surface area contributed by atoms with Crippen LogP contribution in [0.5, 0.6) is 0 Å². The lowest BCUT2D eigenvalue weighted by atomic mass is 10.1. The summed E-state index contributed by atoms with van der Waals surface area (Å²) < 4.78 is 0.889. The molecule has 1 heterocycles. The van der Waals surface area contributed by atoms with Gasteiger partial charge in [0.15, 0.2) is 4.34 Å². The summed E-state index contributed by atoms with van der Waals surface area (Å²) in [4.78, 5) is 20.9. The maximum atomic E-state index is 12.6. The van der Waals surface area contributed by atoms with E-state index in [1.54, 1.807) is 11.3 Å². The fourth-order valence-electron chi connectivity index (χ4n) is 3.61. The molecule has 4 rings (SSSR count). The number of thiazole rings is 1. The number of carbonyl (C=O) groups is 1. The van der Waals surface area contributed by atoms with Gasteiger partial charge in [-0.05, 0) is 43.7 Å². The number of hydrogen-bond acceptors (Lipinski definition) is 5. The van der Waals surface area contributed by atoms with Crippen LogP contribution in [-0.2, 0) is 4.79 Å². The third-order valence-corrected chi connectivity index (χ3v) is 7.54. The summed E-state index contributed by atoms with van der Waals surface area (Å²) in [6.45, 7) is 6.20. The van der Waals surface area contributed by atoms with Crippen molar-refractivity contribution in [3.05, 3.63) is 84.9 Å². The molecule has 1 aromatic heterocycles. The van der Waals surface area contributed by atoms with E-state index in [2.05, 4.69) is 60.5 Å². The zero-order valence-corrected chi connectivity index (χ0v) is 20.5. The maximum absolute atomic E-state index is 12.6. The van der Waals surface area contributed by atoms with Crippen molar-refractivity contribution < 1.29 is 4.79 Å². The minimum atomic E-state index is -0.0340. The maximum Gasteiger partial charge on any atom is 0.234 e. The Labute approximate surface area is 203 Å². The molecule has 33 heavy (non-hydrogen) atoms. The molecular weight excluding hydrogens is 446 g/mol. The molecule has 168 valence electrons. The van der Waals surface area contributed by atoms with Gasteiger partial charge in [0.1, 0.15) is 0 Å². The van der Waals surface area contributed by atoms with E-state index < -0.39 is 0 Å². The lowest BCUT2D eigenvalue weighted by molar-refractivity contribution is -0.113. The van der Waals surface area contributed by atoms with Gasteiger partial charge in [0.05, 0.1) is 16.3 Å². The molecule has 0 saturated heterocycles. The molecule has 0 atom stereocenters. The van der Waals surface area contributed by atoms with Crippen molar-refractivity contribution in [2.45, 2.75) is 18.2 Å². The summed E-state index contributed by atoms with van der Waals surface area (Å²) in [5, 5.41) is 3.00. The van der Waals surface area contributed by atoms with Crippen molar-refractivity contribution in [3.8, 4) is 21.7 Å². The molecule has 0 bridgehead atoms.